The fraction of sp³-hybridized carbons (Fsp3) is 0.0769. The van der Waals surface area contributed by atoms with Gasteiger partial charge in [-0.3, -0.25) is 9.89 Å². The highest BCUT2D eigenvalue weighted by molar-refractivity contribution is 7.30. The van der Waals surface area contributed by atoms with E-state index in [4.69, 9.17) is 0 Å². The number of carboxylic acid groups (broad SMARTS) is 1. The first-order valence-corrected chi connectivity index (χ1v) is 16.0. The number of nitrogens with zero attached hydrogens (tertiary/aromatic N) is 5. The first-order chi connectivity index (χ1) is 19.5. The molecule has 14 heteroatoms. The highest BCUT2D eigenvalue weighted by atomic mass is 32.1. The van der Waals surface area contributed by atoms with Crippen molar-refractivity contribution < 1.29 is 9.90 Å². The second-order valence-electron chi connectivity index (χ2n) is 8.72. The summed E-state index contributed by atoms with van der Waals surface area (Å²) in [5, 5.41) is 30.8. The molecule has 7 aromatic heterocycles. The average Bonchev–Trinajstić information content (AvgIpc) is 3.79. The van der Waals surface area contributed by atoms with E-state index in [9.17, 15) is 9.90 Å². The van der Waals surface area contributed by atoms with E-state index >= 15 is 0 Å². The van der Waals surface area contributed by atoms with E-state index < -0.39 is 5.97 Å². The van der Waals surface area contributed by atoms with E-state index in [2.05, 4.69) is 67.0 Å². The molecule has 0 aliphatic heterocycles. The van der Waals surface area contributed by atoms with Crippen LogP contribution < -0.4 is 0 Å². The van der Waals surface area contributed by atoms with Crippen LogP contribution in [0.3, 0.4) is 0 Å². The molecule has 0 atom stereocenters. The molecule has 7 aromatic rings. The molecule has 198 valence electrons. The van der Waals surface area contributed by atoms with Crippen molar-refractivity contribution in [3.05, 3.63) is 66.0 Å². The number of tetrazole rings is 1. The minimum atomic E-state index is -0.842. The first kappa shape index (κ1) is 25.2. The monoisotopic (exact) mass is 619 g/mol. The third-order valence-corrected chi connectivity index (χ3v) is 12.5. The lowest BCUT2D eigenvalue weighted by Crippen LogP contribution is -1.99. The van der Waals surface area contributed by atoms with Crippen molar-refractivity contribution in [1.29, 1.82) is 0 Å². The fourth-order valence-electron chi connectivity index (χ4n) is 4.26. The van der Waals surface area contributed by atoms with Crippen molar-refractivity contribution in [2.75, 3.05) is 0 Å². The summed E-state index contributed by atoms with van der Waals surface area (Å²) in [7, 11) is 0. The Hall–Kier alpha value is -3.82. The van der Waals surface area contributed by atoms with Crippen LogP contribution in [0.4, 0.5) is 0 Å². The van der Waals surface area contributed by atoms with Crippen LogP contribution in [0, 0.1) is 6.92 Å². The van der Waals surface area contributed by atoms with Gasteiger partial charge in [0.15, 0.2) is 5.82 Å². The summed E-state index contributed by atoms with van der Waals surface area (Å²) >= 11 is 8.33. The number of rotatable bonds is 8. The summed E-state index contributed by atoms with van der Waals surface area (Å²) in [6.07, 6.45) is 1.46. The van der Waals surface area contributed by atoms with Gasteiger partial charge in [0.25, 0.3) is 0 Å². The fourth-order valence-corrected chi connectivity index (χ4v) is 9.99. The van der Waals surface area contributed by atoms with Gasteiger partial charge in [-0.05, 0) is 71.8 Å². The Balaban J connectivity index is 1.20. The highest BCUT2D eigenvalue weighted by Gasteiger charge is 2.20. The Kier molecular flexibility index (Phi) is 6.48. The molecular weight excluding hydrogens is 603 g/mol. The lowest BCUT2D eigenvalue weighted by Gasteiger charge is -1.98. The van der Waals surface area contributed by atoms with E-state index in [-0.39, 0.29) is 6.42 Å². The number of nitrogens with one attached hydrogen (secondary N) is 2. The van der Waals surface area contributed by atoms with Gasteiger partial charge in [0.1, 0.15) is 6.33 Å². The molecule has 0 amide bonds. The molecule has 0 aliphatic rings. The summed E-state index contributed by atoms with van der Waals surface area (Å²) < 4.78 is 0. The van der Waals surface area contributed by atoms with Crippen molar-refractivity contribution in [1.82, 2.24) is 35.8 Å². The molecule has 9 nitrogen and oxygen atoms in total. The number of aromatic amines is 2. The maximum atomic E-state index is 11.7. The number of aryl methyl sites for hydroxylation is 1. The molecule has 0 bridgehead atoms. The van der Waals surface area contributed by atoms with Gasteiger partial charge in [-0.2, -0.15) is 10.3 Å². The minimum absolute atomic E-state index is 0.0251. The van der Waals surface area contributed by atoms with Crippen LogP contribution in [0.25, 0.3) is 60.4 Å². The summed E-state index contributed by atoms with van der Waals surface area (Å²) in [5.41, 5.74) is 2.03. The van der Waals surface area contributed by atoms with Gasteiger partial charge in [-0.1, -0.05) is 0 Å². The van der Waals surface area contributed by atoms with Crippen LogP contribution in [0.15, 0.2) is 54.9 Å². The molecule has 0 aliphatic carbocycles. The number of thiophene rings is 5. The largest absolute Gasteiger partial charge is 0.481 e. The van der Waals surface area contributed by atoms with Crippen LogP contribution in [0.5, 0.6) is 0 Å². The molecule has 0 fully saturated rings. The van der Waals surface area contributed by atoms with Gasteiger partial charge < -0.3 is 5.11 Å². The SMILES string of the molecule is Cc1cc(-c2ccc(-c3nn[nH]n3)s2)sc1-c1ccc(-c2sc(-c3ccc(-c4ncn[nH]4)s3)cc2CC(=O)O)s1. The van der Waals surface area contributed by atoms with Gasteiger partial charge in [-0.25, -0.2) is 4.98 Å². The normalized spacial score (nSPS) is 11.4. The van der Waals surface area contributed by atoms with Gasteiger partial charge in [0.2, 0.25) is 5.82 Å². The van der Waals surface area contributed by atoms with Crippen molar-refractivity contribution in [3.63, 3.8) is 0 Å². The Morgan fingerprint density at radius 1 is 0.800 bits per heavy atom. The van der Waals surface area contributed by atoms with E-state index in [1.165, 1.54) is 26.5 Å². The number of aliphatic carboxylic acids is 1. The van der Waals surface area contributed by atoms with E-state index in [1.54, 1.807) is 56.7 Å². The second-order valence-corrected chi connectivity index (χ2v) is 14.1. The maximum absolute atomic E-state index is 11.7. The molecule has 0 spiro atoms. The summed E-state index contributed by atoms with van der Waals surface area (Å²) in [6.45, 7) is 2.13. The minimum Gasteiger partial charge on any atom is -0.481 e. The number of H-pyrrole nitrogens is 2. The quantitative estimate of drug-likeness (QED) is 0.160. The van der Waals surface area contributed by atoms with E-state index in [0.29, 0.717) is 5.82 Å². The highest BCUT2D eigenvalue weighted by Crippen LogP contribution is 2.48. The van der Waals surface area contributed by atoms with Gasteiger partial charge in [0, 0.05) is 39.0 Å². The molecular formula is C26H17N7O2S5. The van der Waals surface area contributed by atoms with Gasteiger partial charge >= 0.3 is 5.97 Å². The van der Waals surface area contributed by atoms with Crippen LogP contribution in [0.2, 0.25) is 0 Å². The molecule has 7 heterocycles. The molecule has 0 saturated carbocycles. The smallest absolute Gasteiger partial charge is 0.307 e. The van der Waals surface area contributed by atoms with Crippen molar-refractivity contribution >= 4 is 62.7 Å². The molecule has 0 saturated heterocycles. The number of carboxylic acids is 1. The van der Waals surface area contributed by atoms with E-state index in [1.807, 2.05) is 24.3 Å². The molecule has 0 unspecified atom stereocenters. The first-order valence-electron chi connectivity index (χ1n) is 11.9. The summed E-state index contributed by atoms with van der Waals surface area (Å²) in [5.74, 6) is 0.476. The van der Waals surface area contributed by atoms with Crippen LogP contribution >= 0.6 is 56.7 Å². The number of carbonyl (C=O) groups is 1. The third-order valence-electron chi connectivity index (χ3n) is 6.03. The third kappa shape index (κ3) is 4.73. The molecule has 0 aromatic carbocycles. The van der Waals surface area contributed by atoms with Crippen molar-refractivity contribution in [2.24, 2.45) is 0 Å². The zero-order chi connectivity index (χ0) is 27.2. The van der Waals surface area contributed by atoms with Crippen LogP contribution in [0.1, 0.15) is 11.1 Å². The molecule has 7 rings (SSSR count). The lowest BCUT2D eigenvalue weighted by molar-refractivity contribution is -0.136. The summed E-state index contributed by atoms with van der Waals surface area (Å²) in [6, 6.07) is 16.6. The predicted octanol–water partition coefficient (Wildman–Crippen LogP) is 7.56. The topological polar surface area (TPSA) is 133 Å². The van der Waals surface area contributed by atoms with Crippen molar-refractivity contribution in [2.45, 2.75) is 13.3 Å². The Bertz CT molecular complexity index is 1940. The van der Waals surface area contributed by atoms with Gasteiger partial charge in [0.05, 0.1) is 16.2 Å². The molecule has 3 N–H and O–H groups in total. The summed E-state index contributed by atoms with van der Waals surface area (Å²) in [4.78, 5) is 26.8. The molecule has 0 radical (unpaired) electrons. The van der Waals surface area contributed by atoms with Crippen LogP contribution in [-0.2, 0) is 11.2 Å². The average molecular weight is 620 g/mol. The Morgan fingerprint density at radius 2 is 1.45 bits per heavy atom. The number of hydrogen-bond acceptors (Lipinski definition) is 11. The number of aromatic nitrogens is 7. The lowest BCUT2D eigenvalue weighted by atomic mass is 10.1. The van der Waals surface area contributed by atoms with Gasteiger partial charge in [-0.15, -0.1) is 66.9 Å². The number of hydrogen-bond donors (Lipinski definition) is 3. The second kappa shape index (κ2) is 10.3. The Labute approximate surface area is 246 Å². The maximum Gasteiger partial charge on any atom is 0.307 e. The van der Waals surface area contributed by atoms with Crippen LogP contribution in [-0.4, -0.2) is 46.9 Å². The predicted molar refractivity (Wildman–Crippen MR) is 162 cm³/mol. The standard InChI is InChI=1S/C26H17N7O2S5/c1-12-8-20(14-3-7-19(37-14)26-30-32-33-31-26)39-23(12)16-4-5-17(38-16)24-13(10-22(34)35)9-21(40-24)15-2-6-18(36-15)25-27-11-28-29-25/h2-9,11H,10H2,1H3,(H,34,35)(H,27,28,29)(H,30,31,32,33). The molecule has 40 heavy (non-hydrogen) atoms. The van der Waals surface area contributed by atoms with Crippen molar-refractivity contribution in [3.8, 4) is 60.4 Å². The zero-order valence-electron chi connectivity index (χ0n) is 20.5. The van der Waals surface area contributed by atoms with E-state index in [0.717, 1.165) is 45.5 Å². The Morgan fingerprint density at radius 3 is 2.17 bits per heavy atom. The zero-order valence-corrected chi connectivity index (χ0v) is 24.6.